The number of unbranched alkanes of at least 4 members (excludes halogenated alkanes) is 1. The molecule has 0 fully saturated rings. The number of non-ortho nitro benzene ring substituents is 1. The maximum Gasteiger partial charge on any atom is 0.269 e. The fourth-order valence-electron chi connectivity index (χ4n) is 4.39. The maximum atomic E-state index is 14.1. The van der Waals surface area contributed by atoms with Gasteiger partial charge in [-0.05, 0) is 55.2 Å². The zero-order chi connectivity index (χ0) is 30.0. The quantitative estimate of drug-likeness (QED) is 0.165. The topological polar surface area (TPSA) is 130 Å². The third-order valence-electron chi connectivity index (χ3n) is 6.78. The molecule has 0 aliphatic rings. The molecule has 0 aliphatic carbocycles. The van der Waals surface area contributed by atoms with Crippen LogP contribution in [0.4, 0.5) is 11.4 Å². The summed E-state index contributed by atoms with van der Waals surface area (Å²) in [6.45, 7) is 5.68. The molecule has 11 heteroatoms. The number of nitrogens with one attached hydrogen (secondary N) is 1. The predicted octanol–water partition coefficient (Wildman–Crippen LogP) is 4.82. The van der Waals surface area contributed by atoms with Gasteiger partial charge in [0.1, 0.15) is 12.6 Å². The Balaban J connectivity index is 2.05. The van der Waals surface area contributed by atoms with E-state index in [4.69, 9.17) is 0 Å². The Morgan fingerprint density at radius 3 is 2.17 bits per heavy atom. The van der Waals surface area contributed by atoms with Crippen molar-refractivity contribution < 1.29 is 22.9 Å². The molecule has 1 atom stereocenters. The minimum absolute atomic E-state index is 0.0408. The second kappa shape index (κ2) is 14.4. The lowest BCUT2D eigenvalue weighted by atomic mass is 10.1. The second-order valence-corrected chi connectivity index (χ2v) is 11.5. The van der Waals surface area contributed by atoms with Gasteiger partial charge in [-0.3, -0.25) is 24.0 Å². The van der Waals surface area contributed by atoms with Crippen molar-refractivity contribution >= 4 is 33.2 Å². The van der Waals surface area contributed by atoms with Crippen LogP contribution in [0.2, 0.25) is 0 Å². The highest BCUT2D eigenvalue weighted by Gasteiger charge is 2.34. The van der Waals surface area contributed by atoms with Gasteiger partial charge in [0, 0.05) is 25.2 Å². The summed E-state index contributed by atoms with van der Waals surface area (Å²) in [6, 6.07) is 19.3. The molecule has 0 heterocycles. The van der Waals surface area contributed by atoms with Crippen LogP contribution in [0.5, 0.6) is 0 Å². The molecule has 0 saturated carbocycles. The molecule has 0 unspecified atom stereocenters. The summed E-state index contributed by atoms with van der Waals surface area (Å²) in [4.78, 5) is 39.3. The van der Waals surface area contributed by atoms with E-state index in [1.54, 1.807) is 25.1 Å². The number of sulfonamides is 1. The van der Waals surface area contributed by atoms with Gasteiger partial charge in [-0.1, -0.05) is 62.7 Å². The molecule has 0 aliphatic heterocycles. The molecule has 3 rings (SSSR count). The van der Waals surface area contributed by atoms with E-state index in [0.717, 1.165) is 28.3 Å². The molecule has 3 aromatic carbocycles. The summed E-state index contributed by atoms with van der Waals surface area (Å²) in [7, 11) is -4.25. The van der Waals surface area contributed by atoms with Crippen LogP contribution in [-0.4, -0.2) is 49.2 Å². The first kappa shape index (κ1) is 31.3. The van der Waals surface area contributed by atoms with E-state index in [1.165, 1.54) is 41.3 Å². The summed E-state index contributed by atoms with van der Waals surface area (Å²) < 4.78 is 28.6. The normalized spacial score (nSPS) is 11.9. The highest BCUT2D eigenvalue weighted by Crippen LogP contribution is 2.27. The van der Waals surface area contributed by atoms with Crippen molar-refractivity contribution in [1.29, 1.82) is 0 Å². The molecule has 3 aromatic rings. The SMILES string of the molecule is CCCCNC(=O)[C@@H](CC)N(Cc1ccccc1C)C(=O)CN(c1ccc([N+](=O)[O-])cc1)S(=O)(=O)c1ccccc1. The van der Waals surface area contributed by atoms with Gasteiger partial charge in [-0.2, -0.15) is 0 Å². The minimum atomic E-state index is -4.25. The highest BCUT2D eigenvalue weighted by molar-refractivity contribution is 7.92. The summed E-state index contributed by atoms with van der Waals surface area (Å²) in [5.74, 6) is -0.890. The average Bonchev–Trinajstić information content (AvgIpc) is 2.97. The molecule has 218 valence electrons. The van der Waals surface area contributed by atoms with Crippen LogP contribution in [0, 0.1) is 17.0 Å². The van der Waals surface area contributed by atoms with E-state index >= 15 is 0 Å². The zero-order valence-electron chi connectivity index (χ0n) is 23.5. The average molecular weight is 581 g/mol. The molecule has 0 aromatic heterocycles. The number of nitrogens with zero attached hydrogens (tertiary/aromatic N) is 3. The molecule has 0 saturated heterocycles. The van der Waals surface area contributed by atoms with Crippen LogP contribution in [0.1, 0.15) is 44.2 Å². The number of carbonyl (C=O) groups excluding carboxylic acids is 2. The lowest BCUT2D eigenvalue weighted by Crippen LogP contribution is -2.52. The lowest BCUT2D eigenvalue weighted by Gasteiger charge is -2.33. The molecular formula is C30H36N4O6S. The van der Waals surface area contributed by atoms with Gasteiger partial charge in [0.15, 0.2) is 0 Å². The summed E-state index contributed by atoms with van der Waals surface area (Å²) >= 11 is 0. The Morgan fingerprint density at radius 2 is 1.59 bits per heavy atom. The smallest absolute Gasteiger partial charge is 0.269 e. The molecule has 0 spiro atoms. The van der Waals surface area contributed by atoms with Crippen LogP contribution in [-0.2, 0) is 26.2 Å². The first-order valence-corrected chi connectivity index (χ1v) is 15.0. The van der Waals surface area contributed by atoms with E-state index in [0.29, 0.717) is 13.0 Å². The number of rotatable bonds is 14. The molecular weight excluding hydrogens is 544 g/mol. The zero-order valence-corrected chi connectivity index (χ0v) is 24.3. The number of hydrogen-bond donors (Lipinski definition) is 1. The third kappa shape index (κ3) is 7.91. The number of carbonyl (C=O) groups is 2. The van der Waals surface area contributed by atoms with Crippen LogP contribution < -0.4 is 9.62 Å². The van der Waals surface area contributed by atoms with Crippen molar-refractivity contribution in [3.05, 3.63) is 100 Å². The highest BCUT2D eigenvalue weighted by atomic mass is 32.2. The molecule has 2 amide bonds. The van der Waals surface area contributed by atoms with Gasteiger partial charge < -0.3 is 10.2 Å². The van der Waals surface area contributed by atoms with Crippen molar-refractivity contribution in [3.8, 4) is 0 Å². The fraction of sp³-hybridized carbons (Fsp3) is 0.333. The predicted molar refractivity (Wildman–Crippen MR) is 158 cm³/mol. The van der Waals surface area contributed by atoms with E-state index in [1.807, 2.05) is 38.1 Å². The summed E-state index contributed by atoms with van der Waals surface area (Å²) in [6.07, 6.45) is 2.00. The third-order valence-corrected chi connectivity index (χ3v) is 8.56. The van der Waals surface area contributed by atoms with Gasteiger partial charge in [0.2, 0.25) is 11.8 Å². The number of nitro benzene ring substituents is 1. The number of amides is 2. The number of benzene rings is 3. The van der Waals surface area contributed by atoms with Crippen LogP contribution in [0.15, 0.2) is 83.8 Å². The van der Waals surface area contributed by atoms with Crippen LogP contribution >= 0.6 is 0 Å². The maximum absolute atomic E-state index is 14.1. The number of nitro groups is 1. The van der Waals surface area contributed by atoms with Crippen molar-refractivity contribution in [3.63, 3.8) is 0 Å². The molecule has 10 nitrogen and oxygen atoms in total. The number of aryl methyl sites for hydroxylation is 1. The standard InChI is InChI=1S/C30H36N4O6S/c1-4-6-20-31-30(36)28(5-2)32(21-24-13-11-10-12-23(24)3)29(35)22-33(25-16-18-26(19-17-25)34(37)38)41(39,40)27-14-8-7-9-15-27/h7-19,28H,4-6,20-22H2,1-3H3,(H,31,36)/t28-/m1/s1. The molecule has 0 bridgehead atoms. The van der Waals surface area contributed by atoms with Gasteiger partial charge in [0.25, 0.3) is 15.7 Å². The minimum Gasteiger partial charge on any atom is -0.354 e. The van der Waals surface area contributed by atoms with Crippen LogP contribution in [0.3, 0.4) is 0 Å². The van der Waals surface area contributed by atoms with E-state index in [-0.39, 0.29) is 28.7 Å². The van der Waals surface area contributed by atoms with E-state index in [9.17, 15) is 28.1 Å². The first-order chi connectivity index (χ1) is 19.6. The Labute approximate surface area is 241 Å². The molecule has 1 N–H and O–H groups in total. The Hall–Kier alpha value is -4.25. The number of anilines is 1. The number of hydrogen-bond acceptors (Lipinski definition) is 6. The Morgan fingerprint density at radius 1 is 0.951 bits per heavy atom. The lowest BCUT2D eigenvalue weighted by molar-refractivity contribution is -0.384. The van der Waals surface area contributed by atoms with Crippen molar-refractivity contribution in [1.82, 2.24) is 10.2 Å². The Kier molecular flexibility index (Phi) is 11.0. The van der Waals surface area contributed by atoms with Crippen molar-refractivity contribution in [2.24, 2.45) is 0 Å². The fourth-order valence-corrected chi connectivity index (χ4v) is 5.82. The Bertz CT molecular complexity index is 1450. The van der Waals surface area contributed by atoms with Crippen molar-refractivity contribution in [2.75, 3.05) is 17.4 Å². The van der Waals surface area contributed by atoms with Crippen LogP contribution in [0.25, 0.3) is 0 Å². The largest absolute Gasteiger partial charge is 0.354 e. The van der Waals surface area contributed by atoms with E-state index in [2.05, 4.69) is 5.32 Å². The first-order valence-electron chi connectivity index (χ1n) is 13.5. The molecule has 41 heavy (non-hydrogen) atoms. The molecule has 0 radical (unpaired) electrons. The van der Waals surface area contributed by atoms with Gasteiger partial charge >= 0.3 is 0 Å². The van der Waals surface area contributed by atoms with Gasteiger partial charge in [0.05, 0.1) is 15.5 Å². The summed E-state index contributed by atoms with van der Waals surface area (Å²) in [5, 5.41) is 14.1. The monoisotopic (exact) mass is 580 g/mol. The van der Waals surface area contributed by atoms with E-state index < -0.39 is 33.4 Å². The van der Waals surface area contributed by atoms with Crippen molar-refractivity contribution in [2.45, 2.75) is 57.5 Å². The van der Waals surface area contributed by atoms with Gasteiger partial charge in [-0.25, -0.2) is 8.42 Å². The second-order valence-electron chi connectivity index (χ2n) is 9.61. The van der Waals surface area contributed by atoms with Gasteiger partial charge in [-0.15, -0.1) is 0 Å². The summed E-state index contributed by atoms with van der Waals surface area (Å²) in [5.41, 5.74) is 1.63.